The van der Waals surface area contributed by atoms with Crippen molar-refractivity contribution in [1.82, 2.24) is 25.4 Å². The standard InChI is InChI=1S/C33H34N6O4/c34-29(37-33(42)43)15-16-36-30(40)19-26-22-38(32(41)28-21-35-20-25-13-7-8-14-27(25)28)17-18-39(26)31(23-9-3-1-4-10-23)24-11-5-2-6-12-24/h1-14,20-21,26,31H,15-19,22H2,(H2,34,37)(H,36,40)(H,42,43). The molecule has 5 rings (SSSR count). The molecule has 3 aromatic carbocycles. The molecule has 2 heterocycles. The number of rotatable bonds is 9. The van der Waals surface area contributed by atoms with Gasteiger partial charge in [-0.3, -0.25) is 30.2 Å². The Morgan fingerprint density at radius 2 is 1.56 bits per heavy atom. The van der Waals surface area contributed by atoms with Gasteiger partial charge in [-0.05, 0) is 16.5 Å². The molecule has 4 N–H and O–H groups in total. The third-order valence-corrected chi connectivity index (χ3v) is 7.65. The van der Waals surface area contributed by atoms with E-state index < -0.39 is 6.09 Å². The number of pyridine rings is 1. The van der Waals surface area contributed by atoms with E-state index in [9.17, 15) is 14.4 Å². The number of benzene rings is 3. The van der Waals surface area contributed by atoms with Gasteiger partial charge in [0, 0.05) is 62.8 Å². The monoisotopic (exact) mass is 578 g/mol. The predicted octanol–water partition coefficient (Wildman–Crippen LogP) is 4.29. The first-order valence-electron chi connectivity index (χ1n) is 14.2. The SMILES string of the molecule is N=C(CCNC(=O)CC1CN(C(=O)c2cncc3ccccc23)CCN1C(c1ccccc1)c1ccccc1)NC(=O)O. The molecule has 1 fully saturated rings. The molecule has 43 heavy (non-hydrogen) atoms. The van der Waals surface area contributed by atoms with Gasteiger partial charge in [0.1, 0.15) is 5.84 Å². The second-order valence-corrected chi connectivity index (χ2v) is 10.5. The van der Waals surface area contributed by atoms with Crippen molar-refractivity contribution in [3.63, 3.8) is 0 Å². The summed E-state index contributed by atoms with van der Waals surface area (Å²) in [5.41, 5.74) is 2.71. The van der Waals surface area contributed by atoms with Crippen molar-refractivity contribution >= 4 is 34.5 Å². The highest BCUT2D eigenvalue weighted by atomic mass is 16.4. The fourth-order valence-corrected chi connectivity index (χ4v) is 5.68. The number of carbonyl (C=O) groups is 3. The van der Waals surface area contributed by atoms with Crippen LogP contribution in [-0.4, -0.2) is 75.9 Å². The first-order valence-corrected chi connectivity index (χ1v) is 14.2. The molecule has 0 spiro atoms. The minimum Gasteiger partial charge on any atom is -0.465 e. The Bertz CT molecular complexity index is 1550. The minimum absolute atomic E-state index is 0.0573. The van der Waals surface area contributed by atoms with E-state index >= 15 is 0 Å². The normalized spacial score (nSPS) is 15.3. The van der Waals surface area contributed by atoms with E-state index in [1.54, 1.807) is 17.3 Å². The topological polar surface area (TPSA) is 139 Å². The maximum atomic E-state index is 13.9. The summed E-state index contributed by atoms with van der Waals surface area (Å²) in [6.45, 7) is 1.48. The summed E-state index contributed by atoms with van der Waals surface area (Å²) in [5.74, 6) is -0.557. The van der Waals surface area contributed by atoms with Crippen molar-refractivity contribution in [3.8, 4) is 0 Å². The molecule has 1 saturated heterocycles. The van der Waals surface area contributed by atoms with Gasteiger partial charge in [0.25, 0.3) is 5.91 Å². The van der Waals surface area contributed by atoms with Crippen LogP contribution in [0.2, 0.25) is 0 Å². The minimum atomic E-state index is -1.31. The van der Waals surface area contributed by atoms with Crippen molar-refractivity contribution in [3.05, 3.63) is 114 Å². The van der Waals surface area contributed by atoms with Crippen LogP contribution < -0.4 is 10.6 Å². The average Bonchev–Trinajstić information content (AvgIpc) is 3.02. The lowest BCUT2D eigenvalue weighted by Gasteiger charge is -2.45. The number of carbonyl (C=O) groups excluding carboxylic acids is 2. The molecule has 1 aliphatic rings. The predicted molar refractivity (Wildman–Crippen MR) is 164 cm³/mol. The summed E-state index contributed by atoms with van der Waals surface area (Å²) in [7, 11) is 0. The van der Waals surface area contributed by atoms with Gasteiger partial charge in [-0.1, -0.05) is 84.9 Å². The Kier molecular flexibility index (Phi) is 9.38. The molecule has 220 valence electrons. The van der Waals surface area contributed by atoms with Crippen LogP contribution in [0.5, 0.6) is 0 Å². The highest BCUT2D eigenvalue weighted by Crippen LogP contribution is 2.33. The third kappa shape index (κ3) is 7.22. The molecular formula is C33H34N6O4. The molecular weight excluding hydrogens is 544 g/mol. The van der Waals surface area contributed by atoms with Gasteiger partial charge in [0.05, 0.1) is 11.6 Å². The number of carboxylic acid groups (broad SMARTS) is 1. The lowest BCUT2D eigenvalue weighted by atomic mass is 9.93. The number of hydrogen-bond acceptors (Lipinski definition) is 6. The molecule has 0 radical (unpaired) electrons. The number of nitrogens with one attached hydrogen (secondary N) is 3. The Morgan fingerprint density at radius 1 is 0.907 bits per heavy atom. The second-order valence-electron chi connectivity index (χ2n) is 10.5. The van der Waals surface area contributed by atoms with Crippen LogP contribution in [0.4, 0.5) is 4.79 Å². The van der Waals surface area contributed by atoms with Crippen molar-refractivity contribution in [2.24, 2.45) is 0 Å². The number of fused-ring (bicyclic) bond motifs is 1. The highest BCUT2D eigenvalue weighted by molar-refractivity contribution is 6.06. The van der Waals surface area contributed by atoms with E-state index in [-0.39, 0.29) is 49.1 Å². The summed E-state index contributed by atoms with van der Waals surface area (Å²) < 4.78 is 0. The van der Waals surface area contributed by atoms with Crippen molar-refractivity contribution in [2.75, 3.05) is 26.2 Å². The molecule has 1 aromatic heterocycles. The van der Waals surface area contributed by atoms with Crippen LogP contribution in [-0.2, 0) is 4.79 Å². The quantitative estimate of drug-likeness (QED) is 0.173. The largest absolute Gasteiger partial charge is 0.465 e. The molecule has 0 bridgehead atoms. The van der Waals surface area contributed by atoms with E-state index in [1.807, 2.05) is 66.0 Å². The Hall–Kier alpha value is -5.09. The van der Waals surface area contributed by atoms with Crippen molar-refractivity contribution in [2.45, 2.75) is 24.9 Å². The van der Waals surface area contributed by atoms with Crippen LogP contribution in [0.15, 0.2) is 97.3 Å². The van der Waals surface area contributed by atoms with Crippen LogP contribution in [0.25, 0.3) is 10.8 Å². The fourth-order valence-electron chi connectivity index (χ4n) is 5.68. The molecule has 3 amide bonds. The van der Waals surface area contributed by atoms with Crippen molar-refractivity contribution < 1.29 is 19.5 Å². The molecule has 1 aliphatic heterocycles. The van der Waals surface area contributed by atoms with E-state index in [2.05, 4.69) is 39.5 Å². The lowest BCUT2D eigenvalue weighted by Crippen LogP contribution is -2.57. The fraction of sp³-hybridized carbons (Fsp3) is 0.242. The van der Waals surface area contributed by atoms with Gasteiger partial charge in [-0.15, -0.1) is 0 Å². The summed E-state index contributed by atoms with van der Waals surface area (Å²) in [6.07, 6.45) is 2.21. The number of amides is 3. The van der Waals surface area contributed by atoms with Gasteiger partial charge >= 0.3 is 6.09 Å². The van der Waals surface area contributed by atoms with Gasteiger partial charge in [-0.25, -0.2) is 4.79 Å². The van der Waals surface area contributed by atoms with Gasteiger partial charge < -0.3 is 15.3 Å². The summed E-state index contributed by atoms with van der Waals surface area (Å²) in [5, 5.41) is 23.1. The average molecular weight is 579 g/mol. The summed E-state index contributed by atoms with van der Waals surface area (Å²) >= 11 is 0. The molecule has 1 unspecified atom stereocenters. The van der Waals surface area contributed by atoms with Gasteiger partial charge in [0.2, 0.25) is 5.91 Å². The first-order chi connectivity index (χ1) is 20.9. The van der Waals surface area contributed by atoms with Crippen LogP contribution >= 0.6 is 0 Å². The van der Waals surface area contributed by atoms with Crippen LogP contribution in [0.1, 0.15) is 40.4 Å². The maximum absolute atomic E-state index is 13.9. The molecule has 1 atom stereocenters. The van der Waals surface area contributed by atoms with E-state index in [4.69, 9.17) is 10.5 Å². The van der Waals surface area contributed by atoms with E-state index in [0.29, 0.717) is 25.2 Å². The molecule has 0 aliphatic carbocycles. The van der Waals surface area contributed by atoms with Gasteiger partial charge in [-0.2, -0.15) is 0 Å². The van der Waals surface area contributed by atoms with E-state index in [1.165, 1.54) is 0 Å². The Morgan fingerprint density at radius 3 is 2.23 bits per heavy atom. The Balaban J connectivity index is 1.41. The molecule has 0 saturated carbocycles. The molecule has 10 heteroatoms. The summed E-state index contributed by atoms with van der Waals surface area (Å²) in [6, 6.07) is 27.5. The number of amidine groups is 1. The number of aromatic nitrogens is 1. The number of nitrogens with zero attached hydrogens (tertiary/aromatic N) is 3. The van der Waals surface area contributed by atoms with Gasteiger partial charge in [0.15, 0.2) is 0 Å². The summed E-state index contributed by atoms with van der Waals surface area (Å²) in [4.78, 5) is 46.3. The second kappa shape index (κ2) is 13.7. The van der Waals surface area contributed by atoms with E-state index in [0.717, 1.165) is 21.9 Å². The highest BCUT2D eigenvalue weighted by Gasteiger charge is 2.36. The smallest absolute Gasteiger partial charge is 0.410 e. The maximum Gasteiger partial charge on any atom is 0.410 e. The molecule has 4 aromatic rings. The zero-order valence-electron chi connectivity index (χ0n) is 23.6. The van der Waals surface area contributed by atoms with Crippen LogP contribution in [0, 0.1) is 5.41 Å². The number of piperazine rings is 1. The molecule has 10 nitrogen and oxygen atoms in total. The van der Waals surface area contributed by atoms with Crippen molar-refractivity contribution in [1.29, 1.82) is 5.41 Å². The number of hydrogen-bond donors (Lipinski definition) is 4. The zero-order valence-corrected chi connectivity index (χ0v) is 23.6. The zero-order chi connectivity index (χ0) is 30.2. The third-order valence-electron chi connectivity index (χ3n) is 7.65. The van der Waals surface area contributed by atoms with Crippen LogP contribution in [0.3, 0.4) is 0 Å². The lowest BCUT2D eigenvalue weighted by molar-refractivity contribution is -0.123. The first kappa shape index (κ1) is 29.4. The Labute approximate surface area is 249 Å².